The number of benzene rings is 2. The highest BCUT2D eigenvalue weighted by Gasteiger charge is 2.21. The number of hydrogen-bond acceptors (Lipinski definition) is 3. The molecule has 0 radical (unpaired) electrons. The fourth-order valence-electron chi connectivity index (χ4n) is 3.57. The Morgan fingerprint density at radius 3 is 2.83 bits per heavy atom. The number of pyridine rings is 1. The van der Waals surface area contributed by atoms with E-state index in [1.165, 1.54) is 17.0 Å². The van der Waals surface area contributed by atoms with Gasteiger partial charge in [-0.1, -0.05) is 12.1 Å². The van der Waals surface area contributed by atoms with Gasteiger partial charge in [-0.2, -0.15) is 0 Å². The van der Waals surface area contributed by atoms with E-state index in [0.29, 0.717) is 30.8 Å². The minimum absolute atomic E-state index is 0.276. The molecule has 4 rings (SSSR count). The summed E-state index contributed by atoms with van der Waals surface area (Å²) in [5, 5.41) is 9.28. The van der Waals surface area contributed by atoms with Crippen LogP contribution in [0.2, 0.25) is 0 Å². The normalized spacial score (nSPS) is 13.1. The second-order valence-electron chi connectivity index (χ2n) is 7.19. The quantitative estimate of drug-likeness (QED) is 0.692. The smallest absolute Gasteiger partial charge is 0.407 e. The Hall–Kier alpha value is -3.41. The monoisotopic (exact) mass is 392 g/mol. The highest BCUT2D eigenvalue weighted by atomic mass is 19.1. The van der Waals surface area contributed by atoms with Crippen LogP contribution in [0.3, 0.4) is 0 Å². The van der Waals surface area contributed by atoms with Crippen LogP contribution < -0.4 is 4.74 Å². The van der Waals surface area contributed by atoms with Crippen molar-refractivity contribution in [2.45, 2.75) is 26.5 Å². The van der Waals surface area contributed by atoms with E-state index in [1.54, 1.807) is 12.3 Å². The first-order chi connectivity index (χ1) is 14.0. The number of halogens is 1. The second-order valence-corrected chi connectivity index (χ2v) is 7.19. The SMILES string of the molecule is Cc1ccnc(COc2ccc(F)cc2-c2ccc3c(c2)CN(C(=O)O)CC3)c1. The molecule has 0 bridgehead atoms. The fourth-order valence-corrected chi connectivity index (χ4v) is 3.57. The molecule has 5 nitrogen and oxygen atoms in total. The zero-order valence-electron chi connectivity index (χ0n) is 16.1. The van der Waals surface area contributed by atoms with Gasteiger partial charge in [0, 0.05) is 24.8 Å². The van der Waals surface area contributed by atoms with Crippen molar-refractivity contribution in [1.29, 1.82) is 0 Å². The molecule has 0 saturated heterocycles. The standard InChI is InChI=1S/C23H21FN2O3/c1-15-6-8-25-20(10-15)14-29-22-5-4-19(24)12-21(22)17-3-2-16-7-9-26(23(27)28)13-18(16)11-17/h2-6,8,10-12H,7,9,13-14H2,1H3,(H,27,28). The van der Waals surface area contributed by atoms with Gasteiger partial charge in [-0.25, -0.2) is 9.18 Å². The first kappa shape index (κ1) is 18.9. The summed E-state index contributed by atoms with van der Waals surface area (Å²) in [7, 11) is 0. The lowest BCUT2D eigenvalue weighted by Crippen LogP contribution is -2.34. The van der Waals surface area contributed by atoms with Crippen LogP contribution in [0.5, 0.6) is 5.75 Å². The van der Waals surface area contributed by atoms with E-state index >= 15 is 0 Å². The molecule has 1 aliphatic heterocycles. The van der Waals surface area contributed by atoms with E-state index in [-0.39, 0.29) is 12.4 Å². The predicted molar refractivity (Wildman–Crippen MR) is 107 cm³/mol. The summed E-state index contributed by atoms with van der Waals surface area (Å²) >= 11 is 0. The molecule has 29 heavy (non-hydrogen) atoms. The molecule has 1 aromatic heterocycles. The lowest BCUT2D eigenvalue weighted by molar-refractivity contribution is 0.140. The van der Waals surface area contributed by atoms with Crippen molar-refractivity contribution < 1.29 is 19.0 Å². The topological polar surface area (TPSA) is 62.7 Å². The summed E-state index contributed by atoms with van der Waals surface area (Å²) in [6.07, 6.45) is 1.48. The summed E-state index contributed by atoms with van der Waals surface area (Å²) in [5.74, 6) is 0.200. The molecule has 0 atom stereocenters. The molecule has 0 fully saturated rings. The third kappa shape index (κ3) is 4.21. The maximum absolute atomic E-state index is 14.0. The number of carboxylic acid groups (broad SMARTS) is 1. The van der Waals surface area contributed by atoms with E-state index in [1.807, 2.05) is 37.3 Å². The van der Waals surface area contributed by atoms with E-state index in [9.17, 15) is 14.3 Å². The molecule has 6 heteroatoms. The summed E-state index contributed by atoms with van der Waals surface area (Å²) in [6, 6.07) is 14.1. The summed E-state index contributed by atoms with van der Waals surface area (Å²) in [6.45, 7) is 3.08. The van der Waals surface area contributed by atoms with Gasteiger partial charge in [0.2, 0.25) is 0 Å². The number of rotatable bonds is 4. The summed E-state index contributed by atoms with van der Waals surface area (Å²) in [5.41, 5.74) is 5.37. The lowest BCUT2D eigenvalue weighted by atomic mass is 9.94. The predicted octanol–water partition coefficient (Wildman–Crippen LogP) is 4.81. The highest BCUT2D eigenvalue weighted by molar-refractivity contribution is 5.72. The first-order valence-electron chi connectivity index (χ1n) is 9.43. The number of fused-ring (bicyclic) bond motifs is 1. The average molecular weight is 392 g/mol. The van der Waals surface area contributed by atoms with Gasteiger partial charge in [0.25, 0.3) is 0 Å². The van der Waals surface area contributed by atoms with E-state index in [4.69, 9.17) is 4.74 Å². The minimum atomic E-state index is -0.929. The summed E-state index contributed by atoms with van der Waals surface area (Å²) in [4.78, 5) is 17.0. The molecule has 2 heterocycles. The molecule has 1 N–H and O–H groups in total. The number of aromatic nitrogens is 1. The van der Waals surface area contributed by atoms with Crippen LogP contribution in [0, 0.1) is 12.7 Å². The van der Waals surface area contributed by atoms with E-state index in [2.05, 4.69) is 4.98 Å². The van der Waals surface area contributed by atoms with Crippen LogP contribution in [0.1, 0.15) is 22.4 Å². The number of hydrogen-bond donors (Lipinski definition) is 1. The number of amides is 1. The zero-order chi connectivity index (χ0) is 20.4. The van der Waals surface area contributed by atoms with Crippen LogP contribution in [0.4, 0.5) is 9.18 Å². The molecule has 0 spiro atoms. The van der Waals surface area contributed by atoms with E-state index < -0.39 is 6.09 Å². The molecule has 3 aromatic rings. The van der Waals surface area contributed by atoms with Crippen LogP contribution in [0.15, 0.2) is 54.7 Å². The molecular weight excluding hydrogens is 371 g/mol. The first-order valence-corrected chi connectivity index (χ1v) is 9.43. The van der Waals surface area contributed by atoms with Crippen LogP contribution in [0.25, 0.3) is 11.1 Å². The van der Waals surface area contributed by atoms with Gasteiger partial charge in [0.05, 0.1) is 5.69 Å². The second kappa shape index (κ2) is 7.91. The van der Waals surface area contributed by atoms with Crippen molar-refractivity contribution in [3.8, 4) is 16.9 Å². The summed E-state index contributed by atoms with van der Waals surface area (Å²) < 4.78 is 20.0. The number of aryl methyl sites for hydroxylation is 1. The number of nitrogens with zero attached hydrogens (tertiary/aromatic N) is 2. The lowest BCUT2D eigenvalue weighted by Gasteiger charge is -2.27. The van der Waals surface area contributed by atoms with Crippen molar-refractivity contribution >= 4 is 6.09 Å². The number of carbonyl (C=O) groups is 1. The Balaban J connectivity index is 1.64. The van der Waals surface area contributed by atoms with Gasteiger partial charge in [0.1, 0.15) is 18.2 Å². The fraction of sp³-hybridized carbons (Fsp3) is 0.217. The molecule has 0 aliphatic carbocycles. The van der Waals surface area contributed by atoms with Gasteiger partial charge in [-0.3, -0.25) is 4.98 Å². The number of ether oxygens (including phenoxy) is 1. The maximum atomic E-state index is 14.0. The van der Waals surface area contributed by atoms with Crippen LogP contribution >= 0.6 is 0 Å². The van der Waals surface area contributed by atoms with Gasteiger partial charge < -0.3 is 14.7 Å². The van der Waals surface area contributed by atoms with Crippen LogP contribution in [-0.2, 0) is 19.6 Å². The van der Waals surface area contributed by atoms with Gasteiger partial charge in [-0.15, -0.1) is 0 Å². The van der Waals surface area contributed by atoms with Crippen molar-refractivity contribution in [2.75, 3.05) is 6.54 Å². The third-order valence-electron chi connectivity index (χ3n) is 5.09. The molecular formula is C23H21FN2O3. The van der Waals surface area contributed by atoms with E-state index in [0.717, 1.165) is 27.9 Å². The highest BCUT2D eigenvalue weighted by Crippen LogP contribution is 2.34. The zero-order valence-corrected chi connectivity index (χ0v) is 16.1. The Kier molecular flexibility index (Phi) is 5.16. The third-order valence-corrected chi connectivity index (χ3v) is 5.09. The van der Waals surface area contributed by atoms with Crippen molar-refractivity contribution in [3.63, 3.8) is 0 Å². The average Bonchev–Trinajstić information content (AvgIpc) is 2.72. The Labute approximate surface area is 168 Å². The molecule has 2 aromatic carbocycles. The van der Waals surface area contributed by atoms with Crippen molar-refractivity contribution in [1.82, 2.24) is 9.88 Å². The van der Waals surface area contributed by atoms with Gasteiger partial charge in [-0.05, 0) is 72.0 Å². The largest absolute Gasteiger partial charge is 0.487 e. The minimum Gasteiger partial charge on any atom is -0.487 e. The van der Waals surface area contributed by atoms with Crippen molar-refractivity contribution in [3.05, 3.63) is 82.9 Å². The molecule has 148 valence electrons. The molecule has 0 unspecified atom stereocenters. The Morgan fingerprint density at radius 1 is 1.17 bits per heavy atom. The molecule has 1 amide bonds. The Bertz CT molecular complexity index is 1070. The molecule has 1 aliphatic rings. The van der Waals surface area contributed by atoms with Gasteiger partial charge in [0.15, 0.2) is 0 Å². The van der Waals surface area contributed by atoms with Gasteiger partial charge >= 0.3 is 6.09 Å². The van der Waals surface area contributed by atoms with Crippen molar-refractivity contribution in [2.24, 2.45) is 0 Å². The Morgan fingerprint density at radius 2 is 2.03 bits per heavy atom. The molecule has 0 saturated carbocycles. The van der Waals surface area contributed by atoms with Crippen LogP contribution in [-0.4, -0.2) is 27.6 Å². The maximum Gasteiger partial charge on any atom is 0.407 e.